The third-order valence-electron chi connectivity index (χ3n) is 3.03. The third-order valence-corrected chi connectivity index (χ3v) is 4.16. The van der Waals surface area contributed by atoms with Crippen LogP contribution in [0.25, 0.3) is 6.08 Å². The maximum Gasteiger partial charge on any atom is 0.303 e. The van der Waals surface area contributed by atoms with Crippen molar-refractivity contribution in [1.82, 2.24) is 5.23 Å². The lowest BCUT2D eigenvalue weighted by Crippen LogP contribution is -2.16. The summed E-state index contributed by atoms with van der Waals surface area (Å²) in [5.74, 6) is -0.731. The van der Waals surface area contributed by atoms with Gasteiger partial charge in [-0.25, -0.2) is 0 Å². The minimum Gasteiger partial charge on any atom is -0.481 e. The lowest BCUT2D eigenvalue weighted by atomic mass is 10.1. The number of benzene rings is 1. The zero-order valence-electron chi connectivity index (χ0n) is 12.0. The molecule has 1 aromatic carbocycles. The molecular formula is C15H18BrNO4S. The molecule has 0 aliphatic carbocycles. The Hall–Kier alpha value is -1.02. The second kappa shape index (κ2) is 9.19. The Balaban J connectivity index is 1.65. The van der Waals surface area contributed by atoms with E-state index in [1.165, 1.54) is 17.3 Å². The van der Waals surface area contributed by atoms with E-state index in [9.17, 15) is 4.79 Å². The van der Waals surface area contributed by atoms with Crippen LogP contribution in [0, 0.1) is 0 Å². The van der Waals surface area contributed by atoms with Gasteiger partial charge in [0.25, 0.3) is 0 Å². The molecule has 2 rings (SSSR count). The van der Waals surface area contributed by atoms with Gasteiger partial charge in [-0.05, 0) is 41.8 Å². The molecule has 1 N–H and O–H groups in total. The van der Waals surface area contributed by atoms with Crippen LogP contribution in [0.4, 0.5) is 0 Å². The quantitative estimate of drug-likeness (QED) is 0.519. The van der Waals surface area contributed by atoms with E-state index in [0.717, 1.165) is 35.7 Å². The van der Waals surface area contributed by atoms with E-state index >= 15 is 0 Å². The number of unbranched alkanes of at least 4 members (excludes halogenated alkanes) is 3. The maximum atomic E-state index is 10.4. The van der Waals surface area contributed by atoms with Crippen LogP contribution >= 0.6 is 28.0 Å². The second-order valence-electron chi connectivity index (χ2n) is 4.88. The van der Waals surface area contributed by atoms with Crippen LogP contribution in [0.2, 0.25) is 0 Å². The molecule has 0 saturated carbocycles. The van der Waals surface area contributed by atoms with Crippen molar-refractivity contribution in [1.29, 1.82) is 0 Å². The Labute approximate surface area is 142 Å². The molecule has 0 aromatic heterocycles. The average Bonchev–Trinajstić information content (AvgIpc) is 2.92. The minimum absolute atomic E-state index is 0.243. The summed E-state index contributed by atoms with van der Waals surface area (Å²) in [7, 11) is 0. The average molecular weight is 388 g/mol. The highest BCUT2D eigenvalue weighted by Crippen LogP contribution is 2.31. The maximum absolute atomic E-state index is 10.4. The number of rotatable bonds is 8. The summed E-state index contributed by atoms with van der Waals surface area (Å²) in [5.41, 5.74) is 1.05. The van der Waals surface area contributed by atoms with Crippen molar-refractivity contribution < 1.29 is 19.0 Å². The largest absolute Gasteiger partial charge is 0.481 e. The van der Waals surface area contributed by atoms with Crippen LogP contribution in [-0.2, 0) is 13.9 Å². The first-order chi connectivity index (χ1) is 10.6. The molecule has 0 spiro atoms. The lowest BCUT2D eigenvalue weighted by Gasteiger charge is -2.09. The fraction of sp³-hybridized carbons (Fsp3) is 0.400. The molecule has 0 bridgehead atoms. The smallest absolute Gasteiger partial charge is 0.303 e. The standard InChI is InChI=1S/C15H18BrNO4S/c16-13-8-6-12(7-9-13)11-15-20-17(21-22-15)10-4-2-1-3-5-14(18)19/h6-9,11H,1-5,10H2,(H,18,19)/b15-11-. The molecule has 1 heterocycles. The van der Waals surface area contributed by atoms with Crippen molar-refractivity contribution in [2.45, 2.75) is 32.1 Å². The summed E-state index contributed by atoms with van der Waals surface area (Å²) in [6, 6.07) is 7.93. The van der Waals surface area contributed by atoms with Crippen LogP contribution in [0.15, 0.2) is 33.8 Å². The molecule has 0 amide bonds. The molecule has 1 saturated heterocycles. The predicted molar refractivity (Wildman–Crippen MR) is 89.3 cm³/mol. The SMILES string of the molecule is O=C(O)CCCCCCN1OS/C(=C\c2ccc(Br)cc2)O1. The van der Waals surface area contributed by atoms with E-state index in [-0.39, 0.29) is 6.42 Å². The zero-order chi connectivity index (χ0) is 15.8. The van der Waals surface area contributed by atoms with Crippen molar-refractivity contribution in [3.8, 4) is 0 Å². The van der Waals surface area contributed by atoms with Crippen molar-refractivity contribution in [2.75, 3.05) is 6.54 Å². The molecule has 120 valence electrons. The Kier molecular flexibility index (Phi) is 7.24. The van der Waals surface area contributed by atoms with E-state index in [1.54, 1.807) is 0 Å². The van der Waals surface area contributed by atoms with Gasteiger partial charge in [0, 0.05) is 10.9 Å². The Morgan fingerprint density at radius 3 is 2.68 bits per heavy atom. The third kappa shape index (κ3) is 6.39. The topological polar surface area (TPSA) is 59.0 Å². The van der Waals surface area contributed by atoms with E-state index in [1.807, 2.05) is 30.3 Å². The first-order valence-electron chi connectivity index (χ1n) is 7.13. The van der Waals surface area contributed by atoms with Crippen LogP contribution in [0.3, 0.4) is 0 Å². The number of hydroxylamine groups is 2. The summed E-state index contributed by atoms with van der Waals surface area (Å²) in [6.07, 6.45) is 5.67. The number of aliphatic carboxylic acids is 1. The number of hydrogen-bond acceptors (Lipinski definition) is 5. The van der Waals surface area contributed by atoms with Gasteiger partial charge >= 0.3 is 5.97 Å². The van der Waals surface area contributed by atoms with Crippen LogP contribution < -0.4 is 0 Å². The van der Waals surface area contributed by atoms with Crippen molar-refractivity contribution >= 4 is 40.0 Å². The van der Waals surface area contributed by atoms with Crippen molar-refractivity contribution in [3.05, 3.63) is 39.4 Å². The van der Waals surface area contributed by atoms with Crippen LogP contribution in [-0.4, -0.2) is 22.8 Å². The Morgan fingerprint density at radius 1 is 1.23 bits per heavy atom. The van der Waals surface area contributed by atoms with Gasteiger partial charge in [-0.1, -0.05) is 40.9 Å². The molecule has 1 aliphatic rings. The van der Waals surface area contributed by atoms with Gasteiger partial charge in [0.2, 0.25) is 5.09 Å². The van der Waals surface area contributed by atoms with E-state index in [2.05, 4.69) is 15.9 Å². The highest BCUT2D eigenvalue weighted by atomic mass is 79.9. The molecule has 1 fully saturated rings. The van der Waals surface area contributed by atoms with Gasteiger partial charge < -0.3 is 9.94 Å². The summed E-state index contributed by atoms with van der Waals surface area (Å²) in [5, 5.41) is 10.7. The number of carboxylic acids is 1. The highest BCUT2D eigenvalue weighted by molar-refractivity contribution is 9.10. The fourth-order valence-electron chi connectivity index (χ4n) is 1.91. The number of carbonyl (C=O) groups is 1. The molecule has 0 radical (unpaired) electrons. The molecule has 5 nitrogen and oxygen atoms in total. The molecule has 0 unspecified atom stereocenters. The normalized spacial score (nSPS) is 16.9. The number of carboxylic acid groups (broad SMARTS) is 1. The van der Waals surface area contributed by atoms with Gasteiger partial charge in [-0.15, -0.1) is 0 Å². The number of hydrogen-bond donors (Lipinski definition) is 1. The highest BCUT2D eigenvalue weighted by Gasteiger charge is 2.20. The van der Waals surface area contributed by atoms with Gasteiger partial charge in [-0.3, -0.25) is 4.79 Å². The second-order valence-corrected chi connectivity index (χ2v) is 6.51. The lowest BCUT2D eigenvalue weighted by molar-refractivity contribution is -0.259. The van der Waals surface area contributed by atoms with E-state index in [0.29, 0.717) is 11.6 Å². The van der Waals surface area contributed by atoms with Gasteiger partial charge in [0.1, 0.15) is 0 Å². The molecule has 1 aromatic rings. The number of nitrogens with zero attached hydrogens (tertiary/aromatic N) is 1. The van der Waals surface area contributed by atoms with E-state index in [4.69, 9.17) is 14.2 Å². The summed E-state index contributed by atoms with van der Waals surface area (Å²) >= 11 is 4.60. The molecule has 22 heavy (non-hydrogen) atoms. The van der Waals surface area contributed by atoms with Crippen molar-refractivity contribution in [3.63, 3.8) is 0 Å². The number of halogens is 1. The molecular weight excluding hydrogens is 370 g/mol. The summed E-state index contributed by atoms with van der Waals surface area (Å²) in [6.45, 7) is 0.664. The first-order valence-corrected chi connectivity index (χ1v) is 8.66. The molecule has 1 aliphatic heterocycles. The van der Waals surface area contributed by atoms with Crippen LogP contribution in [0.5, 0.6) is 0 Å². The summed E-state index contributed by atoms with van der Waals surface area (Å²) < 4.78 is 6.40. The molecule has 7 heteroatoms. The van der Waals surface area contributed by atoms with Crippen LogP contribution in [0.1, 0.15) is 37.7 Å². The predicted octanol–water partition coefficient (Wildman–Crippen LogP) is 4.61. The van der Waals surface area contributed by atoms with Gasteiger partial charge in [-0.2, -0.15) is 4.28 Å². The van der Waals surface area contributed by atoms with Gasteiger partial charge in [0.05, 0.1) is 18.6 Å². The fourth-order valence-corrected chi connectivity index (χ4v) is 2.73. The first kappa shape index (κ1) is 17.3. The van der Waals surface area contributed by atoms with Gasteiger partial charge in [0.15, 0.2) is 0 Å². The zero-order valence-corrected chi connectivity index (χ0v) is 14.4. The minimum atomic E-state index is -0.731. The Bertz CT molecular complexity index is 521. The monoisotopic (exact) mass is 387 g/mol. The van der Waals surface area contributed by atoms with Crippen molar-refractivity contribution in [2.24, 2.45) is 0 Å². The van der Waals surface area contributed by atoms with E-state index < -0.39 is 5.97 Å². The Morgan fingerprint density at radius 2 is 1.95 bits per heavy atom. The molecule has 0 atom stereocenters. The summed E-state index contributed by atoms with van der Waals surface area (Å²) in [4.78, 5) is 16.0.